The minimum Gasteiger partial charge on any atom is -0.356 e. The van der Waals surface area contributed by atoms with Gasteiger partial charge in [0, 0.05) is 30.6 Å². The minimum atomic E-state index is 0.0156. The third-order valence-corrected chi connectivity index (χ3v) is 6.84. The molecule has 0 bridgehead atoms. The van der Waals surface area contributed by atoms with Crippen LogP contribution in [0.2, 0.25) is 0 Å². The Kier molecular flexibility index (Phi) is 6.75. The van der Waals surface area contributed by atoms with Gasteiger partial charge in [-0.2, -0.15) is 4.98 Å². The zero-order chi connectivity index (χ0) is 24.2. The van der Waals surface area contributed by atoms with E-state index in [9.17, 15) is 4.79 Å². The van der Waals surface area contributed by atoms with Crippen LogP contribution in [0.15, 0.2) is 65.4 Å². The lowest BCUT2D eigenvalue weighted by atomic mass is 9.95. The van der Waals surface area contributed by atoms with Crippen LogP contribution in [0, 0.1) is 12.8 Å². The van der Waals surface area contributed by atoms with Gasteiger partial charge >= 0.3 is 0 Å². The number of aromatic nitrogens is 3. The first-order valence-electron chi connectivity index (χ1n) is 12.3. The van der Waals surface area contributed by atoms with E-state index in [2.05, 4.69) is 75.6 Å². The van der Waals surface area contributed by atoms with Gasteiger partial charge in [-0.25, -0.2) is 4.98 Å². The Morgan fingerprint density at radius 2 is 1.83 bits per heavy atom. The van der Waals surface area contributed by atoms with Crippen molar-refractivity contribution in [3.8, 4) is 11.3 Å². The summed E-state index contributed by atoms with van der Waals surface area (Å²) in [5.41, 5.74) is 4.70. The third kappa shape index (κ3) is 5.19. The van der Waals surface area contributed by atoms with E-state index in [1.165, 1.54) is 17.5 Å². The summed E-state index contributed by atoms with van der Waals surface area (Å²) in [5.74, 6) is 0.993. The number of carbonyl (C=O) groups excluding carboxylic acids is 1. The summed E-state index contributed by atoms with van der Waals surface area (Å²) < 4.78 is 5.53. The van der Waals surface area contributed by atoms with Crippen LogP contribution in [-0.4, -0.2) is 40.2 Å². The number of hydrogen-bond donors (Lipinski definition) is 1. The second-order valence-corrected chi connectivity index (χ2v) is 9.47. The van der Waals surface area contributed by atoms with Crippen molar-refractivity contribution in [2.24, 2.45) is 5.92 Å². The Morgan fingerprint density at radius 3 is 2.57 bits per heavy atom. The highest BCUT2D eigenvalue weighted by molar-refractivity contribution is 5.98. The van der Waals surface area contributed by atoms with Gasteiger partial charge in [0.2, 0.25) is 5.91 Å². The van der Waals surface area contributed by atoms with E-state index in [1.807, 2.05) is 18.2 Å². The molecule has 3 heterocycles. The molecule has 1 N–H and O–H groups in total. The van der Waals surface area contributed by atoms with E-state index < -0.39 is 0 Å². The third-order valence-electron chi connectivity index (χ3n) is 6.84. The van der Waals surface area contributed by atoms with Crippen molar-refractivity contribution < 1.29 is 9.32 Å². The van der Waals surface area contributed by atoms with E-state index >= 15 is 0 Å². The van der Waals surface area contributed by atoms with Gasteiger partial charge < -0.3 is 14.7 Å². The van der Waals surface area contributed by atoms with Crippen molar-refractivity contribution in [2.75, 3.05) is 18.0 Å². The molecule has 0 aliphatic carbocycles. The number of nitrogens with zero attached hydrogens (tertiary/aromatic N) is 4. The fraction of sp³-hybridized carbons (Fsp3) is 0.357. The van der Waals surface area contributed by atoms with E-state index in [0.717, 1.165) is 61.2 Å². The second-order valence-electron chi connectivity index (χ2n) is 9.47. The van der Waals surface area contributed by atoms with E-state index in [-0.39, 0.29) is 17.9 Å². The molecule has 0 saturated carbocycles. The number of amides is 1. The number of nitrogens with one attached hydrogen (secondary N) is 1. The van der Waals surface area contributed by atoms with Crippen LogP contribution in [0.3, 0.4) is 0 Å². The number of carbonyl (C=O) groups is 1. The maximum atomic E-state index is 12.9. The molecule has 180 valence electrons. The highest BCUT2D eigenvalue weighted by atomic mass is 16.5. The zero-order valence-electron chi connectivity index (χ0n) is 20.3. The van der Waals surface area contributed by atoms with Crippen LogP contribution in [0.4, 0.5) is 5.82 Å². The van der Waals surface area contributed by atoms with Gasteiger partial charge in [0.15, 0.2) is 0 Å². The molecule has 7 nitrogen and oxygen atoms in total. The van der Waals surface area contributed by atoms with Crippen molar-refractivity contribution in [1.82, 2.24) is 20.4 Å². The maximum absolute atomic E-state index is 12.9. The van der Waals surface area contributed by atoms with Gasteiger partial charge in [0.05, 0.1) is 0 Å². The van der Waals surface area contributed by atoms with Crippen molar-refractivity contribution >= 4 is 22.8 Å². The predicted molar refractivity (Wildman–Crippen MR) is 137 cm³/mol. The Labute approximate surface area is 205 Å². The van der Waals surface area contributed by atoms with Gasteiger partial charge in [-0.15, -0.1) is 0 Å². The summed E-state index contributed by atoms with van der Waals surface area (Å²) in [6, 6.07) is 18.8. The van der Waals surface area contributed by atoms with Crippen molar-refractivity contribution in [1.29, 1.82) is 0 Å². The molecule has 7 heteroatoms. The van der Waals surface area contributed by atoms with E-state index in [1.54, 1.807) is 0 Å². The van der Waals surface area contributed by atoms with Crippen molar-refractivity contribution in [3.63, 3.8) is 0 Å². The Bertz CT molecular complexity index is 1280. The molecule has 1 unspecified atom stereocenters. The first-order chi connectivity index (χ1) is 17.1. The molecule has 1 saturated heterocycles. The monoisotopic (exact) mass is 469 g/mol. The Balaban J connectivity index is 1.22. The number of piperidine rings is 1. The summed E-state index contributed by atoms with van der Waals surface area (Å²) >= 11 is 0. The molecule has 2 aromatic heterocycles. The van der Waals surface area contributed by atoms with Crippen LogP contribution in [-0.2, 0) is 11.2 Å². The molecular formula is C28H31N5O2. The summed E-state index contributed by atoms with van der Waals surface area (Å²) in [4.78, 5) is 24.0. The predicted octanol–water partition coefficient (Wildman–Crippen LogP) is 4.95. The van der Waals surface area contributed by atoms with Gasteiger partial charge in [-0.05, 0) is 45.1 Å². The molecule has 5 rings (SSSR count). The molecule has 35 heavy (non-hydrogen) atoms. The van der Waals surface area contributed by atoms with E-state index in [4.69, 9.17) is 4.52 Å². The van der Waals surface area contributed by atoms with Gasteiger partial charge in [0.1, 0.15) is 23.2 Å². The van der Waals surface area contributed by atoms with Gasteiger partial charge in [-0.3, -0.25) is 4.79 Å². The lowest BCUT2D eigenvalue weighted by Gasteiger charge is -2.32. The van der Waals surface area contributed by atoms with Crippen LogP contribution in [0.5, 0.6) is 0 Å². The van der Waals surface area contributed by atoms with Crippen molar-refractivity contribution in [2.45, 2.75) is 45.6 Å². The molecule has 1 amide bonds. The van der Waals surface area contributed by atoms with Crippen LogP contribution in [0.25, 0.3) is 22.4 Å². The molecule has 0 spiro atoms. The molecule has 2 aromatic carbocycles. The van der Waals surface area contributed by atoms with Crippen LogP contribution < -0.4 is 10.2 Å². The number of fused-ring (bicyclic) bond motifs is 1. The second kappa shape index (κ2) is 10.3. The standard InChI is InChI=1S/C28H31N5O2/c1-19-8-12-22(13-9-19)25-24-26(29-18-30-28(24)35-32-25)33-16-14-23(15-17-33)27(34)31-20(2)10-11-21-6-4-3-5-7-21/h3-9,12-13,18,20,23H,10-11,14-17H2,1-2H3,(H,31,34). The van der Waals surface area contributed by atoms with Gasteiger partial charge in [0.25, 0.3) is 5.71 Å². The van der Waals surface area contributed by atoms with E-state index in [0.29, 0.717) is 5.71 Å². The quantitative estimate of drug-likeness (QED) is 0.412. The smallest absolute Gasteiger partial charge is 0.263 e. The van der Waals surface area contributed by atoms with Crippen molar-refractivity contribution in [3.05, 3.63) is 72.1 Å². The molecule has 1 atom stereocenters. The molecule has 1 aliphatic rings. The topological polar surface area (TPSA) is 84.2 Å². The first-order valence-corrected chi connectivity index (χ1v) is 12.3. The highest BCUT2D eigenvalue weighted by Crippen LogP contribution is 2.34. The summed E-state index contributed by atoms with van der Waals surface area (Å²) in [5, 5.41) is 8.35. The van der Waals surface area contributed by atoms with Crippen LogP contribution in [0.1, 0.15) is 37.3 Å². The molecule has 4 aromatic rings. The summed E-state index contributed by atoms with van der Waals surface area (Å²) in [7, 11) is 0. The number of hydrogen-bond acceptors (Lipinski definition) is 6. The largest absolute Gasteiger partial charge is 0.356 e. The maximum Gasteiger partial charge on any atom is 0.263 e. The minimum absolute atomic E-state index is 0.0156. The summed E-state index contributed by atoms with van der Waals surface area (Å²) in [6.45, 7) is 5.65. The molecule has 1 aliphatic heterocycles. The average Bonchev–Trinajstić information content (AvgIpc) is 3.33. The first kappa shape index (κ1) is 23.0. The molecular weight excluding hydrogens is 438 g/mol. The normalized spacial score (nSPS) is 15.3. The highest BCUT2D eigenvalue weighted by Gasteiger charge is 2.28. The van der Waals surface area contributed by atoms with Crippen LogP contribution >= 0.6 is 0 Å². The Hall–Kier alpha value is -3.74. The molecule has 1 fully saturated rings. The molecule has 0 radical (unpaired) electrons. The fourth-order valence-electron chi connectivity index (χ4n) is 4.73. The van der Waals surface area contributed by atoms with Gasteiger partial charge in [-0.1, -0.05) is 65.3 Å². The average molecular weight is 470 g/mol. The number of benzene rings is 2. The fourth-order valence-corrected chi connectivity index (χ4v) is 4.73. The lowest BCUT2D eigenvalue weighted by molar-refractivity contribution is -0.126. The number of rotatable bonds is 7. The zero-order valence-corrected chi connectivity index (χ0v) is 20.3. The Morgan fingerprint density at radius 1 is 1.09 bits per heavy atom. The lowest BCUT2D eigenvalue weighted by Crippen LogP contribution is -2.43. The SMILES string of the molecule is Cc1ccc(-c2noc3ncnc(N4CCC(C(=O)NC(C)CCc5ccccc5)CC4)c23)cc1. The summed E-state index contributed by atoms with van der Waals surface area (Å²) in [6.07, 6.45) is 4.99. The number of anilines is 1. The number of aryl methyl sites for hydroxylation is 2.